The zero-order valence-electron chi connectivity index (χ0n) is 24.6. The van der Waals surface area contributed by atoms with Crippen LogP contribution in [0.3, 0.4) is 0 Å². The number of hydrogen-bond acceptors (Lipinski definition) is 6. The smallest absolute Gasteiger partial charge is 0.377 e. The van der Waals surface area contributed by atoms with E-state index in [1.165, 1.54) is 13.0 Å². The number of hydrogen-bond donors (Lipinski definition) is 1. The van der Waals surface area contributed by atoms with Crippen molar-refractivity contribution >= 4 is 22.0 Å². The second-order valence-corrected chi connectivity index (χ2v) is 11.0. The molecule has 2 atom stereocenters. The molecule has 1 N–H and O–H groups in total. The molecule has 1 aliphatic heterocycles. The molecule has 1 aromatic carbocycles. The average Bonchev–Trinajstić information content (AvgIpc) is 2.91. The lowest BCUT2D eigenvalue weighted by Crippen LogP contribution is -2.26. The Morgan fingerprint density at radius 3 is 2.31 bits per heavy atom. The first kappa shape index (κ1) is 29.0. The van der Waals surface area contributed by atoms with Gasteiger partial charge in [0.05, 0.1) is 17.4 Å². The quantitative estimate of drug-likeness (QED) is 0.282. The topological polar surface area (TPSA) is 75.9 Å². The van der Waals surface area contributed by atoms with Gasteiger partial charge in [0.15, 0.2) is 5.69 Å². The fourth-order valence-corrected chi connectivity index (χ4v) is 5.68. The maximum atomic E-state index is 13.8. The van der Waals surface area contributed by atoms with Crippen LogP contribution in [-0.2, 0) is 13.2 Å². The molecule has 0 saturated carbocycles. The van der Waals surface area contributed by atoms with Crippen molar-refractivity contribution < 1.29 is 13.2 Å². The third-order valence-electron chi connectivity index (χ3n) is 7.65. The molecule has 10 heteroatoms. The summed E-state index contributed by atoms with van der Waals surface area (Å²) in [6.07, 6.45) is 3.07. The monoisotopic (exact) mass is 574 g/mol. The van der Waals surface area contributed by atoms with Crippen LogP contribution in [0.4, 0.5) is 18.9 Å². The molecule has 0 spiro atoms. The molecule has 0 saturated heterocycles. The first-order valence-corrected chi connectivity index (χ1v) is 13.6. The minimum Gasteiger partial charge on any atom is -0.377 e. The van der Waals surface area contributed by atoms with Crippen LogP contribution in [0.5, 0.6) is 0 Å². The van der Waals surface area contributed by atoms with E-state index in [2.05, 4.69) is 25.2 Å². The van der Waals surface area contributed by atoms with Crippen molar-refractivity contribution in [3.8, 4) is 0 Å². The van der Waals surface area contributed by atoms with E-state index in [0.717, 1.165) is 27.8 Å². The Morgan fingerprint density at radius 1 is 0.976 bits per heavy atom. The number of pyridine rings is 2. The number of rotatable bonds is 5. The highest BCUT2D eigenvalue weighted by molar-refractivity contribution is 5.90. The van der Waals surface area contributed by atoms with Crippen molar-refractivity contribution in [2.24, 2.45) is 7.05 Å². The molecule has 0 bridgehead atoms. The Kier molecular flexibility index (Phi) is 7.42. The van der Waals surface area contributed by atoms with Gasteiger partial charge in [-0.25, -0.2) is 15.0 Å². The van der Waals surface area contributed by atoms with Gasteiger partial charge in [0.1, 0.15) is 5.82 Å². The molecule has 1 aliphatic rings. The van der Waals surface area contributed by atoms with E-state index in [1.54, 1.807) is 24.6 Å². The summed E-state index contributed by atoms with van der Waals surface area (Å²) in [6, 6.07) is 8.01. The Bertz CT molecular complexity index is 1800. The summed E-state index contributed by atoms with van der Waals surface area (Å²) >= 11 is 0. The third-order valence-corrected chi connectivity index (χ3v) is 7.65. The number of allylic oxidation sites excluding steroid dienone is 2. The maximum Gasteiger partial charge on any atom is 0.435 e. The van der Waals surface area contributed by atoms with Crippen LogP contribution >= 0.6 is 0 Å². The third kappa shape index (κ3) is 5.41. The number of likely N-dealkylation sites (N-methyl/N-ethyl adjacent to an activating group) is 1. The molecule has 0 amide bonds. The molecule has 5 rings (SSSR count). The average molecular weight is 575 g/mol. The van der Waals surface area contributed by atoms with E-state index in [4.69, 9.17) is 0 Å². The van der Waals surface area contributed by atoms with Crippen LogP contribution in [0.1, 0.15) is 65.5 Å². The molecule has 7 nitrogen and oxygen atoms in total. The Morgan fingerprint density at radius 2 is 1.67 bits per heavy atom. The van der Waals surface area contributed by atoms with Gasteiger partial charge < -0.3 is 14.8 Å². The highest BCUT2D eigenvalue weighted by Gasteiger charge is 2.36. The van der Waals surface area contributed by atoms with Gasteiger partial charge in [-0.15, -0.1) is 0 Å². The standard InChI is InChI=1S/C32H33F3N6O/c1-17-10-24(20(4)39-27-9-8-19(3)38-30(27)32(33,34)35)25-13-28(41(7)31(42)26(25)11-17)22-12-18(2)29(40(6)16-22)23-14-36-21(5)37-15-23/h8-16,20,29,39H,1-7H3. The van der Waals surface area contributed by atoms with Gasteiger partial charge >= 0.3 is 6.18 Å². The van der Waals surface area contributed by atoms with Crippen LogP contribution in [0.15, 0.2) is 65.4 Å². The van der Waals surface area contributed by atoms with Gasteiger partial charge in [-0.1, -0.05) is 12.1 Å². The SMILES string of the molecule is CC1=CC(c2cc3c(C(C)Nc4ccc(C)nc4C(F)(F)F)cc(C)cc3c(=O)n2C)=CN(C)C1c1cnc(C)nc1. The lowest BCUT2D eigenvalue weighted by atomic mass is 9.92. The molecule has 0 radical (unpaired) electrons. The minimum atomic E-state index is -4.61. The summed E-state index contributed by atoms with van der Waals surface area (Å²) in [7, 11) is 3.70. The summed E-state index contributed by atoms with van der Waals surface area (Å²) in [6.45, 7) is 9.06. The number of halogens is 3. The van der Waals surface area contributed by atoms with Gasteiger partial charge in [0.25, 0.3) is 5.56 Å². The largest absolute Gasteiger partial charge is 0.435 e. The van der Waals surface area contributed by atoms with Crippen LogP contribution in [0.25, 0.3) is 16.3 Å². The first-order valence-electron chi connectivity index (χ1n) is 13.6. The van der Waals surface area contributed by atoms with Crippen LogP contribution < -0.4 is 10.9 Å². The molecule has 4 aromatic rings. The van der Waals surface area contributed by atoms with E-state index >= 15 is 0 Å². The summed E-state index contributed by atoms with van der Waals surface area (Å²) in [5.41, 5.74) is 4.13. The van der Waals surface area contributed by atoms with Crippen molar-refractivity contribution in [3.05, 3.63) is 111 Å². The predicted octanol–water partition coefficient (Wildman–Crippen LogP) is 6.81. The van der Waals surface area contributed by atoms with Gasteiger partial charge in [-0.2, -0.15) is 13.2 Å². The Labute approximate surface area is 242 Å². The van der Waals surface area contributed by atoms with Gasteiger partial charge in [0, 0.05) is 60.9 Å². The first-order chi connectivity index (χ1) is 19.7. The lowest BCUT2D eigenvalue weighted by molar-refractivity contribution is -0.140. The highest BCUT2D eigenvalue weighted by atomic mass is 19.4. The van der Waals surface area contributed by atoms with Crippen LogP contribution in [-0.4, -0.2) is 31.5 Å². The number of benzene rings is 1. The minimum absolute atomic E-state index is 0.0554. The second kappa shape index (κ2) is 10.7. The predicted molar refractivity (Wildman–Crippen MR) is 159 cm³/mol. The summed E-state index contributed by atoms with van der Waals surface area (Å²) in [5, 5.41) is 4.20. The Hall–Kier alpha value is -4.47. The van der Waals surface area contributed by atoms with E-state index in [0.29, 0.717) is 22.3 Å². The molecular formula is C32H33F3N6O. The van der Waals surface area contributed by atoms with Crippen LogP contribution in [0.2, 0.25) is 0 Å². The molecular weight excluding hydrogens is 541 g/mol. The Balaban J connectivity index is 1.60. The van der Waals surface area contributed by atoms with E-state index < -0.39 is 17.9 Å². The number of aromatic nitrogens is 4. The molecule has 4 heterocycles. The summed E-state index contributed by atoms with van der Waals surface area (Å²) in [5.74, 6) is 0.698. The van der Waals surface area contributed by atoms with Crippen molar-refractivity contribution in [2.45, 2.75) is 52.9 Å². The number of nitrogens with one attached hydrogen (secondary N) is 1. The molecule has 3 aromatic heterocycles. The van der Waals surface area contributed by atoms with Crippen molar-refractivity contribution in [1.82, 2.24) is 24.4 Å². The molecule has 0 aliphatic carbocycles. The van der Waals surface area contributed by atoms with Crippen LogP contribution in [0, 0.1) is 20.8 Å². The fourth-order valence-electron chi connectivity index (χ4n) is 5.68. The number of fused-ring (bicyclic) bond motifs is 1. The highest BCUT2D eigenvalue weighted by Crippen LogP contribution is 2.38. The zero-order valence-corrected chi connectivity index (χ0v) is 24.6. The van der Waals surface area contributed by atoms with E-state index in [-0.39, 0.29) is 23.0 Å². The zero-order chi connectivity index (χ0) is 30.5. The number of aryl methyl sites for hydroxylation is 3. The van der Waals surface area contributed by atoms with Gasteiger partial charge in [-0.3, -0.25) is 4.79 Å². The van der Waals surface area contributed by atoms with Crippen molar-refractivity contribution in [3.63, 3.8) is 0 Å². The molecule has 218 valence electrons. The summed E-state index contributed by atoms with van der Waals surface area (Å²) < 4.78 is 43.0. The van der Waals surface area contributed by atoms with Crippen molar-refractivity contribution in [2.75, 3.05) is 12.4 Å². The number of alkyl halides is 3. The van der Waals surface area contributed by atoms with Gasteiger partial charge in [-0.05, 0) is 81.0 Å². The molecule has 2 unspecified atom stereocenters. The molecule has 42 heavy (non-hydrogen) atoms. The molecule has 0 fully saturated rings. The van der Waals surface area contributed by atoms with Crippen molar-refractivity contribution in [1.29, 1.82) is 0 Å². The lowest BCUT2D eigenvalue weighted by Gasteiger charge is -2.32. The fraction of sp³-hybridized carbons (Fsp3) is 0.312. The maximum absolute atomic E-state index is 13.8. The normalized spacial score (nSPS) is 16.3. The van der Waals surface area contributed by atoms with Gasteiger partial charge in [0.2, 0.25) is 0 Å². The number of nitrogens with zero attached hydrogens (tertiary/aromatic N) is 5. The number of anilines is 1. The van der Waals surface area contributed by atoms with E-state index in [9.17, 15) is 18.0 Å². The van der Waals surface area contributed by atoms with E-state index in [1.807, 2.05) is 70.7 Å². The second-order valence-electron chi connectivity index (χ2n) is 11.0. The summed E-state index contributed by atoms with van der Waals surface area (Å²) in [4.78, 5) is 28.2.